The van der Waals surface area contributed by atoms with Gasteiger partial charge in [0.1, 0.15) is 11.3 Å². The van der Waals surface area contributed by atoms with E-state index in [0.717, 1.165) is 11.3 Å². The maximum atomic E-state index is 13.3. The maximum absolute atomic E-state index is 13.3. The highest BCUT2D eigenvalue weighted by Gasteiger charge is 2.35. The van der Waals surface area contributed by atoms with Gasteiger partial charge in [-0.15, -0.1) is 0 Å². The highest BCUT2D eigenvalue weighted by Crippen LogP contribution is 2.28. The van der Waals surface area contributed by atoms with Gasteiger partial charge in [0.05, 0.1) is 11.9 Å². The third-order valence-electron chi connectivity index (χ3n) is 4.85. The zero-order valence-corrected chi connectivity index (χ0v) is 14.8. The molecule has 0 bridgehead atoms. The first-order valence-corrected chi connectivity index (χ1v) is 8.74. The lowest BCUT2D eigenvalue weighted by Gasteiger charge is -2.31. The summed E-state index contributed by atoms with van der Waals surface area (Å²) in [6, 6.07) is 6.51. The van der Waals surface area contributed by atoms with Crippen molar-refractivity contribution in [3.8, 4) is 11.3 Å². The number of amides is 2. The molecule has 0 saturated carbocycles. The predicted molar refractivity (Wildman–Crippen MR) is 97.0 cm³/mol. The average Bonchev–Trinajstić information content (AvgIpc) is 3.10. The lowest BCUT2D eigenvalue weighted by atomic mass is 10.1. The number of rotatable bonds is 3. The van der Waals surface area contributed by atoms with Crippen molar-refractivity contribution in [2.24, 2.45) is 5.73 Å². The van der Waals surface area contributed by atoms with Gasteiger partial charge in [-0.3, -0.25) is 19.0 Å². The SMILES string of the molecule is NC(=O)c1ccc(-c2cnc3cc(C(=O)N4CCC(F)(F)CC4)ccn23)cn1. The van der Waals surface area contributed by atoms with Crippen LogP contribution in [0.5, 0.6) is 0 Å². The van der Waals surface area contributed by atoms with E-state index >= 15 is 0 Å². The fourth-order valence-corrected chi connectivity index (χ4v) is 3.24. The van der Waals surface area contributed by atoms with Gasteiger partial charge in [0.2, 0.25) is 0 Å². The number of carbonyl (C=O) groups excluding carboxylic acids is 2. The Labute approximate surface area is 158 Å². The summed E-state index contributed by atoms with van der Waals surface area (Å²) in [5.41, 5.74) is 7.77. The molecule has 0 unspecified atom stereocenters. The van der Waals surface area contributed by atoms with Crippen LogP contribution in [0, 0.1) is 0 Å². The van der Waals surface area contributed by atoms with Gasteiger partial charge < -0.3 is 10.6 Å². The van der Waals surface area contributed by atoms with E-state index in [1.165, 1.54) is 17.2 Å². The fourth-order valence-electron chi connectivity index (χ4n) is 3.24. The van der Waals surface area contributed by atoms with Crippen molar-refractivity contribution in [2.45, 2.75) is 18.8 Å². The van der Waals surface area contributed by atoms with E-state index in [1.54, 1.807) is 35.0 Å². The third kappa shape index (κ3) is 3.30. The summed E-state index contributed by atoms with van der Waals surface area (Å²) in [4.78, 5) is 33.5. The van der Waals surface area contributed by atoms with Gasteiger partial charge in [-0.1, -0.05) is 0 Å². The van der Waals surface area contributed by atoms with Crippen molar-refractivity contribution in [3.05, 3.63) is 54.1 Å². The first kappa shape index (κ1) is 18.0. The molecule has 1 fully saturated rings. The molecule has 0 aromatic carbocycles. The summed E-state index contributed by atoms with van der Waals surface area (Å²) in [5, 5.41) is 0. The number of carbonyl (C=O) groups is 2. The van der Waals surface area contributed by atoms with Crippen LogP contribution < -0.4 is 5.73 Å². The second-order valence-electron chi connectivity index (χ2n) is 6.73. The number of piperidine rings is 1. The van der Waals surface area contributed by atoms with Gasteiger partial charge in [0.25, 0.3) is 17.7 Å². The lowest BCUT2D eigenvalue weighted by Crippen LogP contribution is -2.42. The summed E-state index contributed by atoms with van der Waals surface area (Å²) < 4.78 is 28.4. The topological polar surface area (TPSA) is 93.6 Å². The molecule has 9 heteroatoms. The first-order chi connectivity index (χ1) is 13.3. The van der Waals surface area contributed by atoms with Gasteiger partial charge >= 0.3 is 0 Å². The van der Waals surface area contributed by atoms with Crippen LogP contribution in [0.3, 0.4) is 0 Å². The summed E-state index contributed by atoms with van der Waals surface area (Å²) >= 11 is 0. The minimum atomic E-state index is -2.70. The Morgan fingerprint density at radius 3 is 2.46 bits per heavy atom. The zero-order chi connectivity index (χ0) is 19.9. The Balaban J connectivity index is 1.59. The Bertz CT molecular complexity index is 1050. The summed E-state index contributed by atoms with van der Waals surface area (Å²) in [6.07, 6.45) is 4.22. The molecule has 1 aliphatic heterocycles. The molecule has 0 radical (unpaired) electrons. The Hall–Kier alpha value is -3.36. The molecule has 1 saturated heterocycles. The Kier molecular flexibility index (Phi) is 4.29. The van der Waals surface area contributed by atoms with E-state index in [-0.39, 0.29) is 37.5 Å². The molecule has 0 spiro atoms. The highest BCUT2D eigenvalue weighted by atomic mass is 19.3. The Morgan fingerprint density at radius 2 is 1.82 bits per heavy atom. The number of nitrogens with zero attached hydrogens (tertiary/aromatic N) is 4. The van der Waals surface area contributed by atoms with Crippen molar-refractivity contribution in [3.63, 3.8) is 0 Å². The molecule has 1 aliphatic rings. The third-order valence-corrected chi connectivity index (χ3v) is 4.85. The predicted octanol–water partition coefficient (Wildman–Crippen LogP) is 2.37. The molecule has 3 aromatic rings. The molecule has 3 aromatic heterocycles. The summed E-state index contributed by atoms with van der Waals surface area (Å²) in [7, 11) is 0. The fraction of sp³-hybridized carbons (Fsp3) is 0.263. The van der Waals surface area contributed by atoms with Crippen LogP contribution in [0.15, 0.2) is 42.9 Å². The molecule has 4 rings (SSSR count). The number of likely N-dealkylation sites (tertiary alicyclic amines) is 1. The van der Waals surface area contributed by atoms with Crippen LogP contribution in [0.1, 0.15) is 33.7 Å². The lowest BCUT2D eigenvalue weighted by molar-refractivity contribution is -0.0494. The van der Waals surface area contributed by atoms with E-state index < -0.39 is 11.8 Å². The molecule has 0 aliphatic carbocycles. The monoisotopic (exact) mass is 385 g/mol. The molecule has 2 N–H and O–H groups in total. The van der Waals surface area contributed by atoms with Gasteiger partial charge in [-0.25, -0.2) is 13.8 Å². The van der Waals surface area contributed by atoms with Crippen molar-refractivity contribution in [1.29, 1.82) is 0 Å². The van der Waals surface area contributed by atoms with E-state index in [9.17, 15) is 18.4 Å². The maximum Gasteiger partial charge on any atom is 0.267 e. The zero-order valence-electron chi connectivity index (χ0n) is 14.8. The second-order valence-corrected chi connectivity index (χ2v) is 6.73. The number of aromatic nitrogens is 3. The summed E-state index contributed by atoms with van der Waals surface area (Å²) in [6.45, 7) is 0.0726. The van der Waals surface area contributed by atoms with Gasteiger partial charge in [-0.2, -0.15) is 0 Å². The van der Waals surface area contributed by atoms with Crippen LogP contribution in [-0.4, -0.2) is 50.1 Å². The molecule has 4 heterocycles. The molecule has 7 nitrogen and oxygen atoms in total. The molecule has 144 valence electrons. The second kappa shape index (κ2) is 6.66. The van der Waals surface area contributed by atoms with Gasteiger partial charge in [0.15, 0.2) is 0 Å². The minimum absolute atomic E-state index is 0.0363. The number of pyridine rings is 2. The summed E-state index contributed by atoms with van der Waals surface area (Å²) in [5.74, 6) is -3.59. The number of imidazole rings is 1. The first-order valence-electron chi connectivity index (χ1n) is 8.74. The molecule has 0 atom stereocenters. The number of halogens is 2. The molecular weight excluding hydrogens is 368 g/mol. The molecule has 28 heavy (non-hydrogen) atoms. The number of nitrogens with two attached hydrogens (primary N) is 1. The van der Waals surface area contributed by atoms with Crippen molar-refractivity contribution < 1.29 is 18.4 Å². The number of hydrogen-bond acceptors (Lipinski definition) is 4. The standard InChI is InChI=1S/C19H17F2N5O2/c20-19(21)4-7-25(8-5-19)18(28)12-3-6-26-15(11-24-16(26)9-12)13-1-2-14(17(22)27)23-10-13/h1-3,6,9-11H,4-5,7-8H2,(H2,22,27). The van der Waals surface area contributed by atoms with Crippen LogP contribution in [0.25, 0.3) is 16.9 Å². The number of hydrogen-bond donors (Lipinski definition) is 1. The minimum Gasteiger partial charge on any atom is -0.364 e. The number of fused-ring (bicyclic) bond motifs is 1. The van der Waals surface area contributed by atoms with Gasteiger partial charge in [-0.05, 0) is 24.3 Å². The molecule has 2 amide bonds. The van der Waals surface area contributed by atoms with Crippen molar-refractivity contribution in [1.82, 2.24) is 19.3 Å². The quantitative estimate of drug-likeness (QED) is 0.749. The number of primary amides is 1. The van der Waals surface area contributed by atoms with E-state index in [2.05, 4.69) is 9.97 Å². The highest BCUT2D eigenvalue weighted by molar-refractivity contribution is 5.95. The van der Waals surface area contributed by atoms with Crippen LogP contribution in [0.2, 0.25) is 0 Å². The molecular formula is C19H17F2N5O2. The smallest absolute Gasteiger partial charge is 0.267 e. The van der Waals surface area contributed by atoms with Gasteiger partial charge in [0, 0.05) is 49.5 Å². The average molecular weight is 385 g/mol. The van der Waals surface area contributed by atoms with E-state index in [1.807, 2.05) is 0 Å². The number of alkyl halides is 2. The van der Waals surface area contributed by atoms with Crippen LogP contribution in [-0.2, 0) is 0 Å². The van der Waals surface area contributed by atoms with Crippen molar-refractivity contribution >= 4 is 17.5 Å². The van der Waals surface area contributed by atoms with Crippen LogP contribution in [0.4, 0.5) is 8.78 Å². The van der Waals surface area contributed by atoms with Crippen LogP contribution >= 0.6 is 0 Å². The van der Waals surface area contributed by atoms with E-state index in [4.69, 9.17) is 5.73 Å². The largest absolute Gasteiger partial charge is 0.364 e. The van der Waals surface area contributed by atoms with Crippen molar-refractivity contribution in [2.75, 3.05) is 13.1 Å². The normalized spacial score (nSPS) is 16.3. The van der Waals surface area contributed by atoms with E-state index in [0.29, 0.717) is 11.2 Å². The Morgan fingerprint density at radius 1 is 1.07 bits per heavy atom.